The zero-order valence-electron chi connectivity index (χ0n) is 16.7. The predicted octanol–water partition coefficient (Wildman–Crippen LogP) is 5.42. The molecule has 12 heteroatoms. The molecule has 1 aromatic heterocycles. The number of aromatic nitrogens is 2. The topological polar surface area (TPSA) is 84.7 Å². The fourth-order valence-electron chi connectivity index (χ4n) is 3.83. The molecule has 1 atom stereocenters. The lowest BCUT2D eigenvalue weighted by atomic mass is 9.91. The fraction of sp³-hybridized carbons (Fsp3) is 0.190. The van der Waals surface area contributed by atoms with Crippen LogP contribution in [0.3, 0.4) is 0 Å². The first-order valence-electron chi connectivity index (χ1n) is 9.36. The van der Waals surface area contributed by atoms with Gasteiger partial charge in [-0.15, -0.1) is 13.2 Å². The summed E-state index contributed by atoms with van der Waals surface area (Å²) in [6, 6.07) is 9.43. The van der Waals surface area contributed by atoms with Crippen LogP contribution in [-0.4, -0.2) is 32.9 Å². The maximum absolute atomic E-state index is 13.6. The van der Waals surface area contributed by atoms with Gasteiger partial charge in [-0.25, -0.2) is 14.7 Å². The van der Waals surface area contributed by atoms with Crippen molar-refractivity contribution in [2.24, 2.45) is 0 Å². The van der Waals surface area contributed by atoms with Gasteiger partial charge in [0.15, 0.2) is 0 Å². The number of nitrogens with zero attached hydrogens (tertiary/aromatic N) is 3. The lowest BCUT2D eigenvalue weighted by Crippen LogP contribution is -2.42. The Morgan fingerprint density at radius 2 is 1.76 bits per heavy atom. The second-order valence-electron chi connectivity index (χ2n) is 7.49. The molecule has 3 aromatic rings. The van der Waals surface area contributed by atoms with Crippen molar-refractivity contribution in [3.63, 3.8) is 0 Å². The van der Waals surface area contributed by atoms with Crippen LogP contribution in [0.1, 0.15) is 23.0 Å². The Kier molecular flexibility index (Phi) is 5.53. The summed E-state index contributed by atoms with van der Waals surface area (Å²) in [4.78, 5) is 30.8. The molecule has 0 saturated heterocycles. The summed E-state index contributed by atoms with van der Waals surface area (Å²) < 4.78 is 42.5. The summed E-state index contributed by atoms with van der Waals surface area (Å²) in [6.45, 7) is 1.53. The van der Waals surface area contributed by atoms with E-state index in [9.17, 15) is 27.9 Å². The summed E-state index contributed by atoms with van der Waals surface area (Å²) in [5.41, 5.74) is -0.921. The Bertz CT molecular complexity index is 1240. The predicted molar refractivity (Wildman–Crippen MR) is 113 cm³/mol. The van der Waals surface area contributed by atoms with Gasteiger partial charge in [0.2, 0.25) is 5.95 Å². The van der Waals surface area contributed by atoms with E-state index in [1.807, 2.05) is 0 Å². The molecule has 1 unspecified atom stereocenters. The lowest BCUT2D eigenvalue weighted by Gasteiger charge is -2.26. The molecule has 0 bridgehead atoms. The quantitative estimate of drug-likeness (QED) is 0.506. The number of alkyl halides is 3. The number of hydrogen-bond donors (Lipinski definition) is 1. The molecule has 2 heterocycles. The number of rotatable bonds is 5. The molecule has 1 aliphatic heterocycles. The van der Waals surface area contributed by atoms with E-state index in [4.69, 9.17) is 23.2 Å². The number of ether oxygens (including phenoxy) is 1. The number of benzene rings is 2. The maximum atomic E-state index is 13.6. The highest BCUT2D eigenvalue weighted by molar-refractivity contribution is 6.35. The van der Waals surface area contributed by atoms with Gasteiger partial charge in [0.1, 0.15) is 17.0 Å². The number of fused-ring (bicyclic) bond motifs is 1. The molecule has 1 amide bonds. The van der Waals surface area contributed by atoms with Crippen LogP contribution in [0.2, 0.25) is 10.0 Å². The Labute approximate surface area is 194 Å². The van der Waals surface area contributed by atoms with Gasteiger partial charge in [-0.2, -0.15) is 0 Å². The number of carbonyl (C=O) groups excluding carboxylic acids is 1. The molecule has 2 aromatic carbocycles. The SMILES string of the molecule is CC1(Cc2ccc(OC(F)(F)F)cc2)C(=O)N(c2cc(Cl)cc(Cl)c2)c2ncc(C(=O)O)n21. The summed E-state index contributed by atoms with van der Waals surface area (Å²) >= 11 is 12.2. The standard InChI is InChI=1S/C21H14Cl2F3N3O4/c1-20(9-11-2-4-15(5-3-11)33-21(24,25)26)18(32)28(14-7-12(22)6-13(23)8-14)19-27-10-16(17(30)31)29(19)20/h2-8,10H,9H2,1H3,(H,30,31). The van der Waals surface area contributed by atoms with Crippen molar-refractivity contribution in [1.29, 1.82) is 0 Å². The van der Waals surface area contributed by atoms with Gasteiger partial charge in [0.05, 0.1) is 11.9 Å². The van der Waals surface area contributed by atoms with E-state index in [-0.39, 0.29) is 28.1 Å². The summed E-state index contributed by atoms with van der Waals surface area (Å²) in [5, 5.41) is 10.2. The highest BCUT2D eigenvalue weighted by atomic mass is 35.5. The first-order valence-corrected chi connectivity index (χ1v) is 10.1. The zero-order chi connectivity index (χ0) is 24.1. The third kappa shape index (κ3) is 4.23. The van der Waals surface area contributed by atoms with Crippen LogP contribution in [0, 0.1) is 0 Å². The van der Waals surface area contributed by atoms with E-state index in [1.54, 1.807) is 0 Å². The Morgan fingerprint density at radius 3 is 2.30 bits per heavy atom. The first-order chi connectivity index (χ1) is 15.4. The molecular weight excluding hydrogens is 486 g/mol. The van der Waals surface area contributed by atoms with Crippen molar-refractivity contribution in [3.05, 3.63) is 70.0 Å². The van der Waals surface area contributed by atoms with Gasteiger partial charge >= 0.3 is 12.3 Å². The number of halogens is 5. The van der Waals surface area contributed by atoms with E-state index in [0.717, 1.165) is 18.3 Å². The molecular formula is C21H14Cl2F3N3O4. The van der Waals surface area contributed by atoms with Gasteiger partial charge in [-0.1, -0.05) is 35.3 Å². The van der Waals surface area contributed by atoms with Gasteiger partial charge in [0.25, 0.3) is 5.91 Å². The minimum absolute atomic E-state index is 0.0351. The highest BCUT2D eigenvalue weighted by Crippen LogP contribution is 2.43. The number of aromatic carboxylic acids is 1. The second kappa shape index (κ2) is 7.96. The highest BCUT2D eigenvalue weighted by Gasteiger charge is 2.51. The van der Waals surface area contributed by atoms with Crippen LogP contribution >= 0.6 is 23.2 Å². The minimum Gasteiger partial charge on any atom is -0.477 e. The van der Waals surface area contributed by atoms with Crippen molar-refractivity contribution in [1.82, 2.24) is 9.55 Å². The fourth-order valence-corrected chi connectivity index (χ4v) is 4.34. The number of hydrogen-bond acceptors (Lipinski definition) is 4. The van der Waals surface area contributed by atoms with Crippen LogP contribution < -0.4 is 9.64 Å². The van der Waals surface area contributed by atoms with Crippen LogP contribution in [0.15, 0.2) is 48.7 Å². The average Bonchev–Trinajstić information content (AvgIpc) is 3.21. The largest absolute Gasteiger partial charge is 0.573 e. The molecule has 1 aliphatic rings. The van der Waals surface area contributed by atoms with Crippen LogP contribution in [0.5, 0.6) is 5.75 Å². The second-order valence-corrected chi connectivity index (χ2v) is 8.37. The third-order valence-corrected chi connectivity index (χ3v) is 5.57. The number of anilines is 2. The van der Waals surface area contributed by atoms with Crippen molar-refractivity contribution in [2.45, 2.75) is 25.2 Å². The number of imidazole rings is 1. The van der Waals surface area contributed by atoms with Gasteiger partial charge < -0.3 is 9.84 Å². The number of carboxylic acids is 1. The van der Waals surface area contributed by atoms with E-state index >= 15 is 0 Å². The Morgan fingerprint density at radius 1 is 1.15 bits per heavy atom. The van der Waals surface area contributed by atoms with E-state index in [1.165, 1.54) is 46.7 Å². The van der Waals surface area contributed by atoms with Crippen LogP contribution in [-0.2, 0) is 16.8 Å². The first kappa shape index (κ1) is 22.9. The molecule has 172 valence electrons. The molecule has 4 rings (SSSR count). The van der Waals surface area contributed by atoms with Gasteiger partial charge in [0, 0.05) is 16.5 Å². The Hall–Kier alpha value is -3.24. The smallest absolute Gasteiger partial charge is 0.477 e. The maximum Gasteiger partial charge on any atom is 0.573 e. The van der Waals surface area contributed by atoms with Crippen molar-refractivity contribution in [2.75, 3.05) is 4.90 Å². The zero-order valence-corrected chi connectivity index (χ0v) is 18.2. The van der Waals surface area contributed by atoms with Crippen molar-refractivity contribution >= 4 is 46.7 Å². The van der Waals surface area contributed by atoms with Crippen molar-refractivity contribution in [3.8, 4) is 5.75 Å². The summed E-state index contributed by atoms with van der Waals surface area (Å²) in [5.74, 6) is -2.18. The van der Waals surface area contributed by atoms with Gasteiger partial charge in [-0.3, -0.25) is 9.36 Å². The van der Waals surface area contributed by atoms with E-state index in [2.05, 4.69) is 9.72 Å². The van der Waals surface area contributed by atoms with E-state index in [0.29, 0.717) is 11.3 Å². The molecule has 7 nitrogen and oxygen atoms in total. The Balaban J connectivity index is 1.77. The third-order valence-electron chi connectivity index (χ3n) is 5.13. The molecule has 1 N–H and O–H groups in total. The summed E-state index contributed by atoms with van der Waals surface area (Å²) in [6.07, 6.45) is -3.75. The number of carboxylic acid groups (broad SMARTS) is 1. The van der Waals surface area contributed by atoms with Crippen LogP contribution in [0.25, 0.3) is 0 Å². The van der Waals surface area contributed by atoms with E-state index < -0.39 is 29.5 Å². The molecule has 0 fully saturated rings. The van der Waals surface area contributed by atoms with Crippen molar-refractivity contribution < 1.29 is 32.6 Å². The normalized spacial score (nSPS) is 17.9. The molecule has 33 heavy (non-hydrogen) atoms. The van der Waals surface area contributed by atoms with Gasteiger partial charge in [-0.05, 0) is 42.8 Å². The molecule has 0 saturated carbocycles. The molecule has 0 spiro atoms. The molecule has 0 radical (unpaired) electrons. The average molecular weight is 500 g/mol. The number of amides is 1. The lowest BCUT2D eigenvalue weighted by molar-refractivity contribution is -0.274. The minimum atomic E-state index is -4.84. The number of carbonyl (C=O) groups is 2. The molecule has 0 aliphatic carbocycles. The summed E-state index contributed by atoms with van der Waals surface area (Å²) in [7, 11) is 0. The monoisotopic (exact) mass is 499 g/mol. The van der Waals surface area contributed by atoms with Crippen LogP contribution in [0.4, 0.5) is 24.8 Å².